The number of aromatic nitrogens is 2. The molecule has 0 atom stereocenters. The first-order valence-electron chi connectivity index (χ1n) is 7.46. The van der Waals surface area contributed by atoms with Gasteiger partial charge in [0.25, 0.3) is 0 Å². The van der Waals surface area contributed by atoms with Gasteiger partial charge in [-0.15, -0.1) is 0 Å². The van der Waals surface area contributed by atoms with E-state index in [-0.39, 0.29) is 0 Å². The van der Waals surface area contributed by atoms with Crippen molar-refractivity contribution in [3.63, 3.8) is 0 Å². The molecule has 0 radical (unpaired) electrons. The standard InChI is InChI=1S/C16H19Cl2N3O/c1-3-5-21-6-4-14-11(9-21)15(20-19-14)10-7-12(17)16(22-2)13(18)8-10/h7-8H,3-6,9H2,1-2H3,(H,19,20). The summed E-state index contributed by atoms with van der Waals surface area (Å²) in [5, 5.41) is 8.66. The molecule has 0 aliphatic carbocycles. The molecule has 6 heteroatoms. The molecule has 1 aliphatic rings. The number of methoxy groups -OCH3 is 1. The molecule has 0 amide bonds. The minimum atomic E-state index is 0.503. The van der Waals surface area contributed by atoms with Crippen LogP contribution in [0.2, 0.25) is 10.0 Å². The first kappa shape index (κ1) is 15.7. The van der Waals surface area contributed by atoms with Gasteiger partial charge in [0.1, 0.15) is 0 Å². The van der Waals surface area contributed by atoms with Crippen molar-refractivity contribution in [1.29, 1.82) is 0 Å². The molecule has 118 valence electrons. The molecule has 0 fully saturated rings. The summed E-state index contributed by atoms with van der Waals surface area (Å²) in [4.78, 5) is 2.45. The molecule has 2 heterocycles. The molecule has 0 saturated carbocycles. The summed E-state index contributed by atoms with van der Waals surface area (Å²) in [6, 6.07) is 3.73. The number of halogens is 2. The molecule has 4 nitrogen and oxygen atoms in total. The summed E-state index contributed by atoms with van der Waals surface area (Å²) in [6.45, 7) is 5.30. The van der Waals surface area contributed by atoms with Gasteiger partial charge in [-0.05, 0) is 25.1 Å². The van der Waals surface area contributed by atoms with Gasteiger partial charge in [0, 0.05) is 36.3 Å². The first-order valence-corrected chi connectivity index (χ1v) is 8.21. The van der Waals surface area contributed by atoms with Gasteiger partial charge in [-0.1, -0.05) is 30.1 Å². The zero-order chi connectivity index (χ0) is 15.7. The van der Waals surface area contributed by atoms with E-state index in [4.69, 9.17) is 27.9 Å². The topological polar surface area (TPSA) is 41.2 Å². The molecular formula is C16H19Cl2N3O. The van der Waals surface area contributed by atoms with Gasteiger partial charge in [0.05, 0.1) is 22.8 Å². The number of rotatable bonds is 4. The zero-order valence-corrected chi connectivity index (χ0v) is 14.3. The molecular weight excluding hydrogens is 321 g/mol. The van der Waals surface area contributed by atoms with Crippen LogP contribution in [-0.2, 0) is 13.0 Å². The van der Waals surface area contributed by atoms with E-state index in [2.05, 4.69) is 22.0 Å². The van der Waals surface area contributed by atoms with Crippen molar-refractivity contribution in [2.75, 3.05) is 20.2 Å². The van der Waals surface area contributed by atoms with E-state index in [1.807, 2.05) is 12.1 Å². The normalized spacial score (nSPS) is 14.9. The Morgan fingerprint density at radius 2 is 2.05 bits per heavy atom. The quantitative estimate of drug-likeness (QED) is 0.909. The highest BCUT2D eigenvalue weighted by Crippen LogP contribution is 2.38. The van der Waals surface area contributed by atoms with Crippen LogP contribution in [0.1, 0.15) is 24.6 Å². The lowest BCUT2D eigenvalue weighted by Gasteiger charge is -2.26. The molecule has 0 spiro atoms. The fourth-order valence-corrected chi connectivity index (χ4v) is 3.63. The summed E-state index contributed by atoms with van der Waals surface area (Å²) in [7, 11) is 1.56. The number of nitrogens with zero attached hydrogens (tertiary/aromatic N) is 2. The molecule has 1 aromatic carbocycles. The summed E-state index contributed by atoms with van der Waals surface area (Å²) in [5.74, 6) is 0.504. The first-order chi connectivity index (χ1) is 10.6. The van der Waals surface area contributed by atoms with Gasteiger partial charge in [0.2, 0.25) is 0 Å². The molecule has 1 N–H and O–H groups in total. The summed E-state index contributed by atoms with van der Waals surface area (Å²) < 4.78 is 5.21. The van der Waals surface area contributed by atoms with Gasteiger partial charge >= 0.3 is 0 Å². The van der Waals surface area contributed by atoms with E-state index >= 15 is 0 Å². The van der Waals surface area contributed by atoms with E-state index in [1.54, 1.807) is 7.11 Å². The predicted molar refractivity (Wildman–Crippen MR) is 89.9 cm³/mol. The minimum Gasteiger partial charge on any atom is -0.494 e. The van der Waals surface area contributed by atoms with E-state index in [1.165, 1.54) is 11.3 Å². The third kappa shape index (κ3) is 2.83. The lowest BCUT2D eigenvalue weighted by molar-refractivity contribution is 0.254. The maximum Gasteiger partial charge on any atom is 0.156 e. The Hall–Kier alpha value is -1.23. The molecule has 0 bridgehead atoms. The second kappa shape index (κ2) is 6.49. The maximum absolute atomic E-state index is 6.26. The number of benzene rings is 1. The van der Waals surface area contributed by atoms with Crippen LogP contribution in [0.5, 0.6) is 5.75 Å². The molecule has 1 aliphatic heterocycles. The van der Waals surface area contributed by atoms with Crippen LogP contribution in [0.4, 0.5) is 0 Å². The van der Waals surface area contributed by atoms with E-state index in [0.717, 1.165) is 43.7 Å². The molecule has 0 saturated heterocycles. The monoisotopic (exact) mass is 339 g/mol. The minimum absolute atomic E-state index is 0.503. The third-order valence-corrected chi connectivity index (χ3v) is 4.59. The Kier molecular flexibility index (Phi) is 4.62. The molecule has 0 unspecified atom stereocenters. The molecule has 22 heavy (non-hydrogen) atoms. The van der Waals surface area contributed by atoms with Gasteiger partial charge in [-0.3, -0.25) is 10.00 Å². The second-order valence-electron chi connectivity index (χ2n) is 5.53. The number of ether oxygens (including phenoxy) is 1. The van der Waals surface area contributed by atoms with Crippen molar-refractivity contribution in [3.05, 3.63) is 33.4 Å². The van der Waals surface area contributed by atoms with Crippen LogP contribution < -0.4 is 4.74 Å². The van der Waals surface area contributed by atoms with Crippen molar-refractivity contribution >= 4 is 23.2 Å². The number of H-pyrrole nitrogens is 1. The fraction of sp³-hybridized carbons (Fsp3) is 0.438. The van der Waals surface area contributed by atoms with Gasteiger partial charge in [0.15, 0.2) is 5.75 Å². The Labute approximate surface area is 140 Å². The number of fused-ring (bicyclic) bond motifs is 1. The Morgan fingerprint density at radius 1 is 1.32 bits per heavy atom. The van der Waals surface area contributed by atoms with Crippen LogP contribution in [0.15, 0.2) is 12.1 Å². The van der Waals surface area contributed by atoms with Crippen molar-refractivity contribution in [1.82, 2.24) is 15.1 Å². The van der Waals surface area contributed by atoms with Crippen LogP contribution in [0.3, 0.4) is 0 Å². The fourth-order valence-electron chi connectivity index (χ4n) is 2.99. The Balaban J connectivity index is 1.99. The highest BCUT2D eigenvalue weighted by Gasteiger charge is 2.23. The number of aromatic amines is 1. The lowest BCUT2D eigenvalue weighted by atomic mass is 10.0. The smallest absolute Gasteiger partial charge is 0.156 e. The maximum atomic E-state index is 6.26. The number of hydrogen-bond donors (Lipinski definition) is 1. The van der Waals surface area contributed by atoms with Crippen molar-refractivity contribution < 1.29 is 4.74 Å². The van der Waals surface area contributed by atoms with E-state index in [0.29, 0.717) is 15.8 Å². The van der Waals surface area contributed by atoms with Crippen molar-refractivity contribution in [2.24, 2.45) is 0 Å². The Bertz CT molecular complexity index is 661. The van der Waals surface area contributed by atoms with Crippen molar-refractivity contribution in [3.8, 4) is 17.0 Å². The predicted octanol–water partition coefficient (Wildman–Crippen LogP) is 4.16. The van der Waals surface area contributed by atoms with Crippen LogP contribution in [-0.4, -0.2) is 35.3 Å². The highest BCUT2D eigenvalue weighted by molar-refractivity contribution is 6.37. The highest BCUT2D eigenvalue weighted by atomic mass is 35.5. The average molecular weight is 340 g/mol. The zero-order valence-electron chi connectivity index (χ0n) is 12.7. The number of nitrogens with one attached hydrogen (secondary N) is 1. The summed E-state index contributed by atoms with van der Waals surface area (Å²) in [5.41, 5.74) is 4.32. The molecule has 3 rings (SSSR count). The number of hydrogen-bond acceptors (Lipinski definition) is 3. The van der Waals surface area contributed by atoms with Crippen LogP contribution in [0, 0.1) is 0 Å². The Morgan fingerprint density at radius 3 is 2.68 bits per heavy atom. The largest absolute Gasteiger partial charge is 0.494 e. The molecule has 2 aromatic rings. The van der Waals surface area contributed by atoms with Crippen LogP contribution >= 0.6 is 23.2 Å². The molecule has 1 aromatic heterocycles. The summed E-state index contributed by atoms with van der Waals surface area (Å²) >= 11 is 12.5. The average Bonchev–Trinajstić information content (AvgIpc) is 2.90. The SMILES string of the molecule is CCCN1CCc2[nH]nc(-c3cc(Cl)c(OC)c(Cl)c3)c2C1. The van der Waals surface area contributed by atoms with E-state index in [9.17, 15) is 0 Å². The lowest BCUT2D eigenvalue weighted by Crippen LogP contribution is -2.31. The third-order valence-electron chi connectivity index (χ3n) is 4.03. The van der Waals surface area contributed by atoms with Crippen molar-refractivity contribution in [2.45, 2.75) is 26.3 Å². The van der Waals surface area contributed by atoms with Gasteiger partial charge in [-0.25, -0.2) is 0 Å². The van der Waals surface area contributed by atoms with Gasteiger partial charge in [-0.2, -0.15) is 5.10 Å². The van der Waals surface area contributed by atoms with E-state index < -0.39 is 0 Å². The van der Waals surface area contributed by atoms with Gasteiger partial charge < -0.3 is 4.74 Å². The van der Waals surface area contributed by atoms with Crippen LogP contribution in [0.25, 0.3) is 11.3 Å². The second-order valence-corrected chi connectivity index (χ2v) is 6.34. The summed E-state index contributed by atoms with van der Waals surface area (Å²) in [6.07, 6.45) is 2.16.